The molecule has 0 N–H and O–H groups in total. The largest absolute Gasteiger partial charge is 0.293 e. The molecule has 2 heterocycles. The lowest BCUT2D eigenvalue weighted by Gasteiger charge is -2.30. The summed E-state index contributed by atoms with van der Waals surface area (Å²) in [6, 6.07) is 10.8. The van der Waals surface area contributed by atoms with Crippen molar-refractivity contribution in [1.29, 1.82) is 0 Å². The van der Waals surface area contributed by atoms with Gasteiger partial charge in [0.05, 0.1) is 9.77 Å². The highest BCUT2D eigenvalue weighted by atomic mass is 32.2. The van der Waals surface area contributed by atoms with Gasteiger partial charge in [-0.15, -0.1) is 11.3 Å². The highest BCUT2D eigenvalue weighted by molar-refractivity contribution is 7.89. The molecular weight excluding hydrogens is 354 g/mol. The molecule has 0 bridgehead atoms. The van der Waals surface area contributed by atoms with E-state index >= 15 is 0 Å². The van der Waals surface area contributed by atoms with Gasteiger partial charge >= 0.3 is 0 Å². The van der Waals surface area contributed by atoms with Gasteiger partial charge in [0, 0.05) is 19.0 Å². The van der Waals surface area contributed by atoms with Crippen molar-refractivity contribution in [3.8, 4) is 0 Å². The van der Waals surface area contributed by atoms with Gasteiger partial charge in [-0.25, -0.2) is 8.42 Å². The number of hydrogen-bond acceptors (Lipinski definition) is 4. The summed E-state index contributed by atoms with van der Waals surface area (Å²) in [5.74, 6) is 0.442. The molecule has 1 aromatic carbocycles. The minimum Gasteiger partial charge on any atom is -0.293 e. The predicted molar refractivity (Wildman–Crippen MR) is 101 cm³/mol. The van der Waals surface area contributed by atoms with Crippen LogP contribution in [0.2, 0.25) is 0 Å². The van der Waals surface area contributed by atoms with Crippen molar-refractivity contribution in [2.24, 2.45) is 5.92 Å². The van der Waals surface area contributed by atoms with Gasteiger partial charge in [0.2, 0.25) is 10.0 Å². The lowest BCUT2D eigenvalue weighted by atomic mass is 9.93. The Bertz CT molecular complexity index is 816. The molecule has 1 aliphatic heterocycles. The Morgan fingerprint density at radius 1 is 1.12 bits per heavy atom. The molecule has 0 saturated carbocycles. The highest BCUT2D eigenvalue weighted by Gasteiger charge is 2.32. The molecule has 1 fully saturated rings. The normalized spacial score (nSPS) is 17.1. The minimum absolute atomic E-state index is 0.0755. The molecule has 134 valence electrons. The first-order valence-corrected chi connectivity index (χ1v) is 10.9. The summed E-state index contributed by atoms with van der Waals surface area (Å²) >= 11 is 1.45. The molecule has 0 spiro atoms. The quantitative estimate of drug-likeness (QED) is 0.736. The van der Waals surface area contributed by atoms with Crippen molar-refractivity contribution in [2.45, 2.75) is 37.5 Å². The molecular formula is C19H23NO3S2. The number of thiophene rings is 1. The van der Waals surface area contributed by atoms with E-state index in [9.17, 15) is 13.2 Å². The van der Waals surface area contributed by atoms with Gasteiger partial charge in [0.15, 0.2) is 5.78 Å². The Morgan fingerprint density at radius 3 is 2.28 bits per heavy atom. The average Bonchev–Trinajstić information content (AvgIpc) is 3.16. The maximum Gasteiger partial charge on any atom is 0.243 e. The third kappa shape index (κ3) is 3.86. The van der Waals surface area contributed by atoms with E-state index < -0.39 is 10.0 Å². The SMILES string of the molecule is CC(C)c1ccc(S(=O)(=O)N2CCC(C(=O)c3cccs3)CC2)cc1. The van der Waals surface area contributed by atoms with Gasteiger partial charge in [-0.05, 0) is 47.9 Å². The highest BCUT2D eigenvalue weighted by Crippen LogP contribution is 2.28. The van der Waals surface area contributed by atoms with Crippen LogP contribution in [0.15, 0.2) is 46.7 Å². The Hall–Kier alpha value is -1.50. The molecule has 0 aliphatic carbocycles. The number of nitrogens with zero attached hydrogens (tertiary/aromatic N) is 1. The molecule has 25 heavy (non-hydrogen) atoms. The fourth-order valence-corrected chi connectivity index (χ4v) is 5.37. The van der Waals surface area contributed by atoms with E-state index in [-0.39, 0.29) is 11.7 Å². The van der Waals surface area contributed by atoms with Gasteiger partial charge in [0.1, 0.15) is 0 Å². The first-order valence-electron chi connectivity index (χ1n) is 8.57. The summed E-state index contributed by atoms with van der Waals surface area (Å²) in [4.78, 5) is 13.5. The van der Waals surface area contributed by atoms with Crippen LogP contribution in [-0.2, 0) is 10.0 Å². The van der Waals surface area contributed by atoms with Gasteiger partial charge in [0.25, 0.3) is 0 Å². The van der Waals surface area contributed by atoms with E-state index in [0.717, 1.165) is 10.4 Å². The van der Waals surface area contributed by atoms with E-state index in [1.165, 1.54) is 15.6 Å². The molecule has 2 aromatic rings. The number of piperidine rings is 1. The van der Waals surface area contributed by atoms with Crippen molar-refractivity contribution >= 4 is 27.1 Å². The van der Waals surface area contributed by atoms with Gasteiger partial charge in [-0.1, -0.05) is 32.0 Å². The van der Waals surface area contributed by atoms with Crippen LogP contribution in [0.25, 0.3) is 0 Å². The molecule has 0 atom stereocenters. The van der Waals surface area contributed by atoms with Crippen LogP contribution in [0.3, 0.4) is 0 Å². The number of benzene rings is 1. The molecule has 1 saturated heterocycles. The first-order chi connectivity index (χ1) is 11.9. The second-order valence-electron chi connectivity index (χ2n) is 6.74. The maximum absolute atomic E-state index is 12.8. The fourth-order valence-electron chi connectivity index (χ4n) is 3.15. The number of rotatable bonds is 5. The van der Waals surface area contributed by atoms with Crippen molar-refractivity contribution in [3.63, 3.8) is 0 Å². The average molecular weight is 378 g/mol. The zero-order valence-electron chi connectivity index (χ0n) is 14.5. The van der Waals surface area contributed by atoms with Crippen LogP contribution >= 0.6 is 11.3 Å². The number of carbonyl (C=O) groups excluding carboxylic acids is 1. The van der Waals surface area contributed by atoms with E-state index in [0.29, 0.717) is 36.7 Å². The van der Waals surface area contributed by atoms with Gasteiger partial charge < -0.3 is 0 Å². The second-order valence-corrected chi connectivity index (χ2v) is 9.63. The van der Waals surface area contributed by atoms with Crippen molar-refractivity contribution < 1.29 is 13.2 Å². The van der Waals surface area contributed by atoms with E-state index in [2.05, 4.69) is 13.8 Å². The molecule has 4 nitrogen and oxygen atoms in total. The Kier molecular flexibility index (Phi) is 5.41. The topological polar surface area (TPSA) is 54.5 Å². The second kappa shape index (κ2) is 7.40. The predicted octanol–water partition coefficient (Wildman–Crippen LogP) is 4.16. The first kappa shape index (κ1) is 18.3. The van der Waals surface area contributed by atoms with Gasteiger partial charge in [-0.2, -0.15) is 4.31 Å². The number of sulfonamides is 1. The summed E-state index contributed by atoms with van der Waals surface area (Å²) in [6.45, 7) is 4.96. The van der Waals surface area contributed by atoms with Crippen molar-refractivity contribution in [1.82, 2.24) is 4.31 Å². The van der Waals surface area contributed by atoms with Crippen molar-refractivity contribution in [2.75, 3.05) is 13.1 Å². The molecule has 3 rings (SSSR count). The minimum atomic E-state index is -3.48. The molecule has 0 amide bonds. The number of Topliss-reactive ketones (excluding diaryl/α,β-unsaturated/α-hetero) is 1. The van der Waals surface area contributed by atoms with Crippen LogP contribution in [0.5, 0.6) is 0 Å². The Labute approximate surface area is 153 Å². The fraction of sp³-hybridized carbons (Fsp3) is 0.421. The smallest absolute Gasteiger partial charge is 0.243 e. The molecule has 0 radical (unpaired) electrons. The summed E-state index contributed by atoms with van der Waals surface area (Å²) in [6.07, 6.45) is 1.17. The third-order valence-electron chi connectivity index (χ3n) is 4.77. The summed E-state index contributed by atoms with van der Waals surface area (Å²) < 4.78 is 27.1. The lowest BCUT2D eigenvalue weighted by molar-refractivity contribution is 0.0879. The maximum atomic E-state index is 12.8. The van der Waals surface area contributed by atoms with Crippen LogP contribution in [0.1, 0.15) is 47.8 Å². The Balaban J connectivity index is 1.68. The summed E-state index contributed by atoms with van der Waals surface area (Å²) in [5.41, 5.74) is 1.12. The molecule has 1 aliphatic rings. The van der Waals surface area contributed by atoms with Crippen molar-refractivity contribution in [3.05, 3.63) is 52.2 Å². The van der Waals surface area contributed by atoms with E-state index in [1.807, 2.05) is 29.6 Å². The summed E-state index contributed by atoms with van der Waals surface area (Å²) in [5, 5.41) is 1.90. The number of carbonyl (C=O) groups is 1. The van der Waals surface area contributed by atoms with Gasteiger partial charge in [-0.3, -0.25) is 4.79 Å². The number of ketones is 1. The molecule has 6 heteroatoms. The van der Waals surface area contributed by atoms with Crippen LogP contribution in [0.4, 0.5) is 0 Å². The number of hydrogen-bond donors (Lipinski definition) is 0. The Morgan fingerprint density at radius 2 is 1.76 bits per heavy atom. The molecule has 1 aromatic heterocycles. The molecule has 0 unspecified atom stereocenters. The standard InChI is InChI=1S/C19H23NO3S2/c1-14(2)15-5-7-17(8-6-15)25(22,23)20-11-9-16(10-12-20)19(21)18-4-3-13-24-18/h3-8,13-14,16H,9-12H2,1-2H3. The zero-order valence-corrected chi connectivity index (χ0v) is 16.1. The van der Waals surface area contributed by atoms with E-state index in [4.69, 9.17) is 0 Å². The van der Waals surface area contributed by atoms with Crippen LogP contribution in [0, 0.1) is 5.92 Å². The monoisotopic (exact) mass is 377 g/mol. The zero-order chi connectivity index (χ0) is 18.0. The third-order valence-corrected chi connectivity index (χ3v) is 7.57. The van der Waals surface area contributed by atoms with Crippen LogP contribution in [-0.4, -0.2) is 31.6 Å². The lowest BCUT2D eigenvalue weighted by Crippen LogP contribution is -2.40. The van der Waals surface area contributed by atoms with Crippen LogP contribution < -0.4 is 0 Å². The van der Waals surface area contributed by atoms with E-state index in [1.54, 1.807) is 12.1 Å². The summed E-state index contributed by atoms with van der Waals surface area (Å²) in [7, 11) is -3.48.